The van der Waals surface area contributed by atoms with Gasteiger partial charge in [0.25, 0.3) is 0 Å². The summed E-state index contributed by atoms with van der Waals surface area (Å²) in [6, 6.07) is 4.96. The number of aliphatic hydroxyl groups is 1. The van der Waals surface area contributed by atoms with Crippen LogP contribution < -0.4 is 14.5 Å². The monoisotopic (exact) mass is 546 g/mol. The fraction of sp³-hybridized carbons (Fsp3) is 0.417. The molecule has 0 bridgehead atoms. The van der Waals surface area contributed by atoms with E-state index < -0.39 is 46.5 Å². The first-order chi connectivity index (χ1) is 17.2. The van der Waals surface area contributed by atoms with Crippen LogP contribution in [0.15, 0.2) is 30.3 Å². The van der Waals surface area contributed by atoms with E-state index in [9.17, 15) is 32.3 Å². The molecule has 202 valence electrons. The van der Waals surface area contributed by atoms with Gasteiger partial charge in [-0.2, -0.15) is 13.2 Å². The van der Waals surface area contributed by atoms with Crippen LogP contribution in [-0.2, 0) is 6.18 Å². The number of β-amino-alcohol motifs (C(OH)–C–C–N with tert-alkyl or cyclic N) is 1. The van der Waals surface area contributed by atoms with Gasteiger partial charge in [-0.3, -0.25) is 9.80 Å². The Bertz CT molecular complexity index is 1160. The van der Waals surface area contributed by atoms with Gasteiger partial charge in [0.05, 0.1) is 16.7 Å². The second kappa shape index (κ2) is 11.1. The summed E-state index contributed by atoms with van der Waals surface area (Å²) in [5.41, 5.74) is -1.40. The lowest BCUT2D eigenvalue weighted by molar-refractivity contribution is -0.137. The molecule has 37 heavy (non-hydrogen) atoms. The summed E-state index contributed by atoms with van der Waals surface area (Å²) in [7, 11) is 4.83. The number of halogens is 5. The highest BCUT2D eigenvalue weighted by Gasteiger charge is 2.41. The number of nitrogens with zero attached hydrogens (tertiary/aromatic N) is 4. The van der Waals surface area contributed by atoms with E-state index in [1.54, 1.807) is 19.0 Å². The summed E-state index contributed by atoms with van der Waals surface area (Å²) >= 11 is 6.20. The Balaban J connectivity index is 1.99. The molecule has 3 amide bonds. The zero-order chi connectivity index (χ0) is 27.7. The van der Waals surface area contributed by atoms with Gasteiger partial charge in [-0.1, -0.05) is 11.6 Å². The maximum atomic E-state index is 13.8. The Morgan fingerprint density at radius 2 is 1.81 bits per heavy atom. The van der Waals surface area contributed by atoms with E-state index in [4.69, 9.17) is 16.3 Å². The first kappa shape index (κ1) is 28.5. The van der Waals surface area contributed by atoms with Crippen LogP contribution in [0.25, 0.3) is 0 Å². The predicted molar refractivity (Wildman–Crippen MR) is 131 cm³/mol. The molecule has 1 N–H and O–H groups in total. The van der Waals surface area contributed by atoms with Gasteiger partial charge in [-0.25, -0.2) is 14.0 Å². The maximum Gasteiger partial charge on any atom is 0.419 e. The summed E-state index contributed by atoms with van der Waals surface area (Å²) < 4.78 is 60.0. The van der Waals surface area contributed by atoms with Crippen LogP contribution in [0.1, 0.15) is 11.1 Å². The number of ether oxygens (including phenoxy) is 1. The van der Waals surface area contributed by atoms with Gasteiger partial charge in [-0.05, 0) is 56.9 Å². The van der Waals surface area contributed by atoms with E-state index in [-0.39, 0.29) is 43.2 Å². The SMILES string of the molecule is Cc1cc(C(F)(F)F)c(Cl)c(N2CCN(CC(O)CN(C)C)C2=O)c1OC(=O)N(C)c1ccc(F)cc1. The number of hydrogen-bond donors (Lipinski definition) is 1. The van der Waals surface area contributed by atoms with Crippen LogP contribution in [0.4, 0.5) is 38.5 Å². The number of anilines is 2. The number of aryl methyl sites for hydroxylation is 1. The van der Waals surface area contributed by atoms with Crippen LogP contribution in [0.5, 0.6) is 5.75 Å². The third-order valence-electron chi connectivity index (χ3n) is 5.73. The molecule has 0 radical (unpaired) electrons. The highest BCUT2D eigenvalue weighted by molar-refractivity contribution is 6.35. The molecule has 1 atom stereocenters. The molecule has 1 heterocycles. The molecule has 0 saturated carbocycles. The predicted octanol–water partition coefficient (Wildman–Crippen LogP) is 4.61. The summed E-state index contributed by atoms with van der Waals surface area (Å²) in [5, 5.41) is 9.44. The van der Waals surface area contributed by atoms with Crippen molar-refractivity contribution in [2.24, 2.45) is 0 Å². The van der Waals surface area contributed by atoms with Gasteiger partial charge in [-0.15, -0.1) is 0 Å². The molecule has 1 fully saturated rings. The van der Waals surface area contributed by atoms with E-state index in [0.29, 0.717) is 0 Å². The Kier molecular flexibility index (Phi) is 8.56. The molecule has 2 aromatic rings. The molecule has 0 aliphatic carbocycles. The van der Waals surface area contributed by atoms with Crippen molar-refractivity contribution in [2.75, 3.05) is 57.1 Å². The first-order valence-corrected chi connectivity index (χ1v) is 11.6. The lowest BCUT2D eigenvalue weighted by Crippen LogP contribution is -2.40. The number of aliphatic hydroxyl groups excluding tert-OH is 1. The van der Waals surface area contributed by atoms with Crippen molar-refractivity contribution in [1.82, 2.24) is 9.80 Å². The van der Waals surface area contributed by atoms with Gasteiger partial charge in [0.1, 0.15) is 11.5 Å². The number of alkyl halides is 3. The van der Waals surface area contributed by atoms with Crippen LogP contribution in [0, 0.1) is 12.7 Å². The molecule has 0 aromatic heterocycles. The molecular weight excluding hydrogens is 520 g/mol. The van der Waals surface area contributed by atoms with Gasteiger partial charge in [0, 0.05) is 38.9 Å². The third kappa shape index (κ3) is 6.43. The number of likely N-dealkylation sites (N-methyl/N-ethyl adjacent to an activating group) is 1. The van der Waals surface area contributed by atoms with Crippen molar-refractivity contribution in [3.8, 4) is 5.75 Å². The first-order valence-electron chi connectivity index (χ1n) is 11.2. The van der Waals surface area contributed by atoms with Crippen LogP contribution in [-0.4, -0.2) is 80.5 Å². The third-order valence-corrected chi connectivity index (χ3v) is 6.12. The van der Waals surface area contributed by atoms with Crippen LogP contribution in [0.3, 0.4) is 0 Å². The molecule has 1 aliphatic rings. The molecule has 13 heteroatoms. The number of carbonyl (C=O) groups excluding carboxylic acids is 2. The molecule has 3 rings (SSSR count). The topological polar surface area (TPSA) is 76.6 Å². The summed E-state index contributed by atoms with van der Waals surface area (Å²) in [5.74, 6) is -0.841. The average Bonchev–Trinajstić information content (AvgIpc) is 3.14. The summed E-state index contributed by atoms with van der Waals surface area (Å²) in [6.07, 6.45) is -6.72. The zero-order valence-electron chi connectivity index (χ0n) is 20.6. The maximum absolute atomic E-state index is 13.8. The number of benzene rings is 2. The second-order valence-electron chi connectivity index (χ2n) is 8.93. The number of amides is 3. The van der Waals surface area contributed by atoms with Crippen molar-refractivity contribution in [1.29, 1.82) is 0 Å². The summed E-state index contributed by atoms with van der Waals surface area (Å²) in [4.78, 5) is 31.1. The number of carbonyl (C=O) groups is 2. The van der Waals surface area contributed by atoms with Crippen molar-refractivity contribution in [3.63, 3.8) is 0 Å². The van der Waals surface area contributed by atoms with E-state index in [2.05, 4.69) is 0 Å². The lowest BCUT2D eigenvalue weighted by Gasteiger charge is -2.27. The summed E-state index contributed by atoms with van der Waals surface area (Å²) in [6.45, 7) is 1.58. The van der Waals surface area contributed by atoms with Gasteiger partial charge in [0.15, 0.2) is 5.75 Å². The normalized spacial score (nSPS) is 14.9. The minimum Gasteiger partial charge on any atom is -0.407 e. The molecular formula is C24H27ClF4N4O4. The van der Waals surface area contributed by atoms with Crippen molar-refractivity contribution < 1.29 is 37.0 Å². The Morgan fingerprint density at radius 1 is 1.19 bits per heavy atom. The molecule has 1 unspecified atom stereocenters. The van der Waals surface area contributed by atoms with Crippen LogP contribution >= 0.6 is 11.6 Å². The Hall–Kier alpha value is -3.09. The molecule has 1 saturated heterocycles. The number of urea groups is 1. The number of rotatable bonds is 7. The van der Waals surface area contributed by atoms with Crippen molar-refractivity contribution in [3.05, 3.63) is 52.3 Å². The molecule has 8 nitrogen and oxygen atoms in total. The zero-order valence-corrected chi connectivity index (χ0v) is 21.4. The molecule has 0 spiro atoms. The van der Waals surface area contributed by atoms with Gasteiger partial charge in [0.2, 0.25) is 0 Å². The van der Waals surface area contributed by atoms with E-state index in [1.165, 1.54) is 31.0 Å². The Labute approximate surface area is 216 Å². The van der Waals surface area contributed by atoms with E-state index in [1.807, 2.05) is 0 Å². The smallest absolute Gasteiger partial charge is 0.407 e. The van der Waals surface area contributed by atoms with Crippen molar-refractivity contribution in [2.45, 2.75) is 19.2 Å². The minimum atomic E-state index is -4.84. The number of hydrogen-bond acceptors (Lipinski definition) is 5. The second-order valence-corrected chi connectivity index (χ2v) is 9.31. The van der Waals surface area contributed by atoms with Gasteiger partial charge >= 0.3 is 18.3 Å². The highest BCUT2D eigenvalue weighted by atomic mass is 35.5. The average molecular weight is 547 g/mol. The largest absolute Gasteiger partial charge is 0.419 e. The van der Waals surface area contributed by atoms with Crippen molar-refractivity contribution >= 4 is 35.1 Å². The lowest BCUT2D eigenvalue weighted by atomic mass is 10.1. The van der Waals surface area contributed by atoms with Gasteiger partial charge < -0.3 is 19.6 Å². The highest BCUT2D eigenvalue weighted by Crippen LogP contribution is 2.47. The molecule has 2 aromatic carbocycles. The fourth-order valence-electron chi connectivity index (χ4n) is 3.95. The Morgan fingerprint density at radius 3 is 2.38 bits per heavy atom. The standard InChI is InChI=1S/C24H27ClF4N4O4/c1-14-11-18(24(27,28)29)19(25)20(33-10-9-32(22(33)35)13-17(34)12-30(2)3)21(14)37-23(36)31(4)16-7-5-15(26)6-8-16/h5-8,11,17,34H,9-10,12-13H2,1-4H3. The van der Waals surface area contributed by atoms with Crippen LogP contribution in [0.2, 0.25) is 5.02 Å². The quantitative estimate of drug-likeness (QED) is 0.514. The van der Waals surface area contributed by atoms with E-state index in [0.717, 1.165) is 28.0 Å². The molecule has 1 aliphatic heterocycles. The van der Waals surface area contributed by atoms with E-state index >= 15 is 0 Å². The minimum absolute atomic E-state index is 0.0493. The fourth-order valence-corrected chi connectivity index (χ4v) is 4.30.